The van der Waals surface area contributed by atoms with Crippen LogP contribution in [0, 0.1) is 0 Å². The maximum absolute atomic E-state index is 12.2. The molecule has 1 aromatic carbocycles. The fourth-order valence-corrected chi connectivity index (χ4v) is 4.04. The van der Waals surface area contributed by atoms with Crippen molar-refractivity contribution >= 4 is 10.1 Å². The summed E-state index contributed by atoms with van der Waals surface area (Å²) in [5, 5.41) is 33.6. The summed E-state index contributed by atoms with van der Waals surface area (Å²) in [6.07, 6.45) is -1.20. The normalized spacial score (nSPS) is 19.9. The second-order valence-electron chi connectivity index (χ2n) is 7.76. The number of hydrogen-bond donors (Lipinski definition) is 1. The summed E-state index contributed by atoms with van der Waals surface area (Å²) in [5.41, 5.74) is 0.256. The molecule has 1 radical (unpaired) electrons. The van der Waals surface area contributed by atoms with Gasteiger partial charge in [-0.2, -0.15) is 0 Å². The number of rotatable bonds is 7. The van der Waals surface area contributed by atoms with E-state index in [1.807, 2.05) is 4.90 Å². The summed E-state index contributed by atoms with van der Waals surface area (Å²) in [5.74, 6) is -0.317. The van der Waals surface area contributed by atoms with E-state index in [-0.39, 0.29) is 34.9 Å². The average molecular weight is 484 g/mol. The zero-order chi connectivity index (χ0) is 21.6. The molecule has 11 heteroatoms. The van der Waals surface area contributed by atoms with Gasteiger partial charge in [-0.1, -0.05) is 13.0 Å². The minimum absolute atomic E-state index is 0. The monoisotopic (exact) mass is 484 g/mol. The third-order valence-corrected chi connectivity index (χ3v) is 5.78. The summed E-state index contributed by atoms with van der Waals surface area (Å²) in [7, 11) is -4.63. The number of aliphatic hydroxyl groups is 1. The molecule has 0 spiro atoms. The van der Waals surface area contributed by atoms with Crippen LogP contribution in [0.1, 0.15) is 19.4 Å². The van der Waals surface area contributed by atoms with Crippen molar-refractivity contribution in [2.45, 2.75) is 37.5 Å². The van der Waals surface area contributed by atoms with Gasteiger partial charge in [0.05, 0.1) is 11.0 Å². The Morgan fingerprint density at radius 1 is 1.00 bits per heavy atom. The van der Waals surface area contributed by atoms with E-state index < -0.39 is 27.2 Å². The standard InChI is InChI=1S/C19H32N3O6S.Fe/c1-15(23)12-20-5-6-21(13-16(2)24)8-10-22(9-7-20)14-17-11-18(29(26,27)28)3-4-19(17)25;/h3-4,11,15-16,23,25H,5-10,12-14H2,1-2H3,(H,26,27,28);/q-1;+3/p-2/t15-,16-;/m0./s1. The predicted molar refractivity (Wildman–Crippen MR) is 103 cm³/mol. The van der Waals surface area contributed by atoms with Crippen LogP contribution < -0.4 is 10.2 Å². The van der Waals surface area contributed by atoms with Gasteiger partial charge in [0.2, 0.25) is 0 Å². The van der Waals surface area contributed by atoms with Crippen LogP contribution in [-0.4, -0.2) is 97.3 Å². The molecule has 2 atom stereocenters. The van der Waals surface area contributed by atoms with E-state index in [2.05, 4.69) is 9.80 Å². The van der Waals surface area contributed by atoms with Gasteiger partial charge < -0.3 is 24.8 Å². The first kappa shape index (κ1) is 27.3. The first-order valence-corrected chi connectivity index (χ1v) is 11.2. The summed E-state index contributed by atoms with van der Waals surface area (Å²) in [4.78, 5) is 5.79. The molecule has 1 heterocycles. The van der Waals surface area contributed by atoms with Gasteiger partial charge in [0.1, 0.15) is 10.1 Å². The van der Waals surface area contributed by atoms with Crippen LogP contribution in [0.4, 0.5) is 0 Å². The number of benzene rings is 1. The van der Waals surface area contributed by atoms with Gasteiger partial charge in [0, 0.05) is 52.4 Å². The summed E-state index contributed by atoms with van der Waals surface area (Å²) in [6, 6.07) is 3.30. The van der Waals surface area contributed by atoms with Crippen LogP contribution in [0.5, 0.6) is 5.75 Å². The number of β-amino-alcohol motifs (C(OH)–C–C–N with tert-alkyl or cyclic N) is 1. The van der Waals surface area contributed by atoms with Crippen LogP contribution in [0.25, 0.3) is 0 Å². The van der Waals surface area contributed by atoms with Gasteiger partial charge >= 0.3 is 17.1 Å². The smallest absolute Gasteiger partial charge is 0.872 e. The molecule has 1 aliphatic rings. The minimum atomic E-state index is -4.63. The number of aliphatic hydroxyl groups excluding tert-OH is 1. The Bertz CT molecular complexity index is 741. The number of nitrogens with zero attached hydrogens (tertiary/aromatic N) is 3. The molecule has 1 fully saturated rings. The van der Waals surface area contributed by atoms with Crippen molar-refractivity contribution in [2.24, 2.45) is 0 Å². The second kappa shape index (κ2) is 12.3. The van der Waals surface area contributed by atoms with E-state index in [0.717, 1.165) is 24.7 Å². The largest absolute Gasteiger partial charge is 3.00 e. The Kier molecular flexibility index (Phi) is 11.2. The van der Waals surface area contributed by atoms with Gasteiger partial charge in [-0.05, 0) is 31.2 Å². The molecule has 0 aromatic heterocycles. The molecule has 2 rings (SSSR count). The molecule has 1 N–H and O–H groups in total. The SMILES string of the molecule is C[C@H]([O-])CN1CCN(Cc2cc(S(=O)(=O)[O-])ccc2[O-])CCN(C[C@H](C)O)CC1.[Fe+3]. The Morgan fingerprint density at radius 2 is 1.50 bits per heavy atom. The average Bonchev–Trinajstić information content (AvgIpc) is 2.68. The maximum atomic E-state index is 12.2. The Morgan fingerprint density at radius 3 is 1.97 bits per heavy atom. The van der Waals surface area contributed by atoms with Gasteiger partial charge in [0.25, 0.3) is 0 Å². The van der Waals surface area contributed by atoms with Crippen LogP contribution in [-0.2, 0) is 33.7 Å². The van der Waals surface area contributed by atoms with Crippen molar-refractivity contribution in [3.05, 3.63) is 23.8 Å². The van der Waals surface area contributed by atoms with Crippen LogP contribution in [0.15, 0.2) is 23.1 Å². The van der Waals surface area contributed by atoms with Crippen molar-refractivity contribution in [3.8, 4) is 5.75 Å². The molecule has 1 aromatic rings. The van der Waals surface area contributed by atoms with Gasteiger partial charge in [-0.25, -0.2) is 8.42 Å². The van der Waals surface area contributed by atoms with Crippen molar-refractivity contribution in [1.29, 1.82) is 0 Å². The zero-order valence-electron chi connectivity index (χ0n) is 17.3. The fourth-order valence-electron chi connectivity index (χ4n) is 3.52. The first-order valence-electron chi connectivity index (χ1n) is 9.81. The minimum Gasteiger partial charge on any atom is -0.872 e. The van der Waals surface area contributed by atoms with Crippen molar-refractivity contribution in [2.75, 3.05) is 52.4 Å². The molecule has 0 aliphatic carbocycles. The van der Waals surface area contributed by atoms with Gasteiger partial charge in [-0.15, -0.1) is 11.9 Å². The predicted octanol–water partition coefficient (Wildman–Crippen LogP) is -1.79. The van der Waals surface area contributed by atoms with Crippen molar-refractivity contribution < 1.29 is 45.4 Å². The molecule has 0 bridgehead atoms. The topological polar surface area (TPSA) is 133 Å². The van der Waals surface area contributed by atoms with E-state index in [0.29, 0.717) is 45.8 Å². The van der Waals surface area contributed by atoms with Crippen LogP contribution in [0.2, 0.25) is 0 Å². The third kappa shape index (κ3) is 9.17. The number of hydrogen-bond acceptors (Lipinski definition) is 9. The van der Waals surface area contributed by atoms with E-state index >= 15 is 0 Å². The second-order valence-corrected chi connectivity index (χ2v) is 9.14. The van der Waals surface area contributed by atoms with E-state index in [1.54, 1.807) is 13.8 Å². The van der Waals surface area contributed by atoms with E-state index in [1.165, 1.54) is 0 Å². The summed E-state index contributed by atoms with van der Waals surface area (Å²) >= 11 is 0. The first-order chi connectivity index (χ1) is 13.5. The Balaban J connectivity index is 0.00000450. The molecule has 30 heavy (non-hydrogen) atoms. The van der Waals surface area contributed by atoms with Gasteiger partial charge in [0.15, 0.2) is 0 Å². The van der Waals surface area contributed by atoms with E-state index in [4.69, 9.17) is 0 Å². The third-order valence-electron chi connectivity index (χ3n) is 4.95. The molecule has 171 valence electrons. The molecule has 0 saturated carbocycles. The quantitative estimate of drug-likeness (QED) is 0.352. The molecular weight excluding hydrogens is 454 g/mol. The maximum Gasteiger partial charge on any atom is 3.00 e. The Hall–Kier alpha value is -0.751. The summed E-state index contributed by atoms with van der Waals surface area (Å²) < 4.78 is 33.9. The molecule has 1 saturated heterocycles. The molecular formula is C19H30FeN3O6S. The van der Waals surface area contributed by atoms with Crippen LogP contribution in [0.3, 0.4) is 0 Å². The molecule has 0 unspecified atom stereocenters. The van der Waals surface area contributed by atoms with E-state index in [9.17, 15) is 28.3 Å². The summed E-state index contributed by atoms with van der Waals surface area (Å²) in [6.45, 7) is 8.43. The van der Waals surface area contributed by atoms with Gasteiger partial charge in [-0.3, -0.25) is 9.80 Å². The Labute approximate surface area is 189 Å². The molecule has 1 aliphatic heterocycles. The van der Waals surface area contributed by atoms with Crippen molar-refractivity contribution in [3.63, 3.8) is 0 Å². The van der Waals surface area contributed by atoms with Crippen LogP contribution >= 0.6 is 0 Å². The molecule has 0 amide bonds. The molecule has 9 nitrogen and oxygen atoms in total. The zero-order valence-corrected chi connectivity index (χ0v) is 19.3. The van der Waals surface area contributed by atoms with Crippen molar-refractivity contribution in [1.82, 2.24) is 14.7 Å². The fraction of sp³-hybridized carbons (Fsp3) is 0.684.